The molecule has 1 heterocycles. The monoisotopic (exact) mass is 382 g/mol. The average molecular weight is 383 g/mol. The lowest BCUT2D eigenvalue weighted by Crippen LogP contribution is -2.41. The number of rotatable bonds is 1. The van der Waals surface area contributed by atoms with E-state index in [1.165, 1.54) is 21.8 Å². The fraction of sp³-hybridized carbons (Fsp3) is 0.364. The molecule has 0 bridgehead atoms. The van der Waals surface area contributed by atoms with Crippen LogP contribution in [0.3, 0.4) is 0 Å². The van der Waals surface area contributed by atoms with Crippen molar-refractivity contribution in [2.24, 2.45) is 0 Å². The zero-order valence-corrected chi connectivity index (χ0v) is 16.4. The van der Waals surface area contributed by atoms with Crippen molar-refractivity contribution in [1.82, 2.24) is 16.0 Å². The van der Waals surface area contributed by atoms with Crippen LogP contribution in [0.25, 0.3) is 21.5 Å². The maximum absolute atomic E-state index is 6.48. The van der Waals surface area contributed by atoms with Gasteiger partial charge in [0.2, 0.25) is 0 Å². The van der Waals surface area contributed by atoms with E-state index < -0.39 is 0 Å². The molecule has 4 rings (SSSR count). The van der Waals surface area contributed by atoms with Gasteiger partial charge in [0, 0.05) is 73.8 Å². The molecule has 0 amide bonds. The molecule has 3 aromatic rings. The van der Waals surface area contributed by atoms with Crippen LogP contribution in [-0.2, 0) is 0 Å². The van der Waals surface area contributed by atoms with E-state index in [-0.39, 0.29) is 0 Å². The summed E-state index contributed by atoms with van der Waals surface area (Å²) in [5.41, 5.74) is 1.29. The van der Waals surface area contributed by atoms with E-state index >= 15 is 0 Å². The van der Waals surface area contributed by atoms with Crippen LogP contribution in [0.5, 0.6) is 0 Å². The molecule has 0 spiro atoms. The number of hydrogen-bond donors (Lipinski definition) is 3. The lowest BCUT2D eigenvalue weighted by molar-refractivity contribution is 0.558. The Labute approximate surface area is 165 Å². The Kier molecular flexibility index (Phi) is 6.10. The first-order chi connectivity index (χ1) is 13.3. The van der Waals surface area contributed by atoms with Gasteiger partial charge in [-0.25, -0.2) is 0 Å². The predicted molar refractivity (Wildman–Crippen MR) is 117 cm³/mol. The van der Waals surface area contributed by atoms with Gasteiger partial charge < -0.3 is 20.9 Å². The standard InChI is InChI=1S/C22H27ClN4/c23-21-5-1-3-17-15-18-4-2-6-22(20(18)16-19(17)21)27-13-11-25-9-7-24-8-10-26-12-14-27/h1-6,15-16,24-26H,7-14H2. The zero-order chi connectivity index (χ0) is 18.5. The van der Waals surface area contributed by atoms with Crippen LogP contribution in [0.1, 0.15) is 0 Å². The van der Waals surface area contributed by atoms with Crippen molar-refractivity contribution in [3.63, 3.8) is 0 Å². The molecule has 0 saturated carbocycles. The topological polar surface area (TPSA) is 39.3 Å². The number of nitrogens with one attached hydrogen (secondary N) is 3. The first-order valence-electron chi connectivity index (χ1n) is 9.81. The molecule has 3 aromatic carbocycles. The van der Waals surface area contributed by atoms with Gasteiger partial charge >= 0.3 is 0 Å². The molecule has 0 unspecified atom stereocenters. The van der Waals surface area contributed by atoms with Crippen molar-refractivity contribution >= 4 is 38.8 Å². The number of fused-ring (bicyclic) bond motifs is 2. The second-order valence-electron chi connectivity index (χ2n) is 7.05. The summed E-state index contributed by atoms with van der Waals surface area (Å²) in [5.74, 6) is 0. The van der Waals surface area contributed by atoms with Crippen molar-refractivity contribution in [3.8, 4) is 0 Å². The molecule has 27 heavy (non-hydrogen) atoms. The molecule has 0 radical (unpaired) electrons. The second-order valence-corrected chi connectivity index (χ2v) is 7.46. The highest BCUT2D eigenvalue weighted by Crippen LogP contribution is 2.33. The van der Waals surface area contributed by atoms with Gasteiger partial charge in [0.05, 0.1) is 0 Å². The summed E-state index contributed by atoms with van der Waals surface area (Å²) in [4.78, 5) is 2.49. The van der Waals surface area contributed by atoms with E-state index in [1.807, 2.05) is 12.1 Å². The van der Waals surface area contributed by atoms with E-state index in [1.54, 1.807) is 0 Å². The van der Waals surface area contributed by atoms with Crippen LogP contribution < -0.4 is 20.9 Å². The molecule has 1 saturated heterocycles. The van der Waals surface area contributed by atoms with Crippen molar-refractivity contribution in [2.45, 2.75) is 0 Å². The molecule has 5 heteroatoms. The lowest BCUT2D eigenvalue weighted by atomic mass is 10.0. The van der Waals surface area contributed by atoms with Crippen LogP contribution in [-0.4, -0.2) is 52.4 Å². The summed E-state index contributed by atoms with van der Waals surface area (Å²) in [6.45, 7) is 7.97. The Balaban J connectivity index is 1.70. The first kappa shape index (κ1) is 18.5. The minimum absolute atomic E-state index is 0.814. The zero-order valence-electron chi connectivity index (χ0n) is 15.6. The highest BCUT2D eigenvalue weighted by Gasteiger charge is 2.12. The lowest BCUT2D eigenvalue weighted by Gasteiger charge is -2.27. The molecular formula is C22H27ClN4. The van der Waals surface area contributed by atoms with Gasteiger partial charge in [-0.1, -0.05) is 35.9 Å². The van der Waals surface area contributed by atoms with Gasteiger partial charge in [-0.2, -0.15) is 0 Å². The third-order valence-electron chi connectivity index (χ3n) is 5.22. The molecule has 1 aliphatic heterocycles. The third kappa shape index (κ3) is 4.36. The molecule has 1 aliphatic rings. The fourth-order valence-electron chi connectivity index (χ4n) is 3.78. The minimum Gasteiger partial charge on any atom is -0.368 e. The first-order valence-corrected chi connectivity index (χ1v) is 10.2. The number of benzene rings is 3. The van der Waals surface area contributed by atoms with Crippen molar-refractivity contribution in [3.05, 3.63) is 53.6 Å². The summed E-state index contributed by atoms with van der Waals surface area (Å²) in [5, 5.41) is 16.2. The number of anilines is 1. The fourth-order valence-corrected chi connectivity index (χ4v) is 4.02. The summed E-state index contributed by atoms with van der Waals surface area (Å²) >= 11 is 6.48. The number of hydrogen-bond acceptors (Lipinski definition) is 4. The maximum Gasteiger partial charge on any atom is 0.0484 e. The third-order valence-corrected chi connectivity index (χ3v) is 5.55. The molecular weight excluding hydrogens is 356 g/mol. The van der Waals surface area contributed by atoms with Gasteiger partial charge in [-0.15, -0.1) is 0 Å². The van der Waals surface area contributed by atoms with Crippen LogP contribution in [0.2, 0.25) is 5.02 Å². The summed E-state index contributed by atoms with van der Waals surface area (Å²) in [7, 11) is 0. The predicted octanol–water partition coefficient (Wildman–Crippen LogP) is 3.24. The molecule has 0 aromatic heterocycles. The Hall–Kier alpha value is -1.85. The molecule has 0 aliphatic carbocycles. The average Bonchev–Trinajstić information content (AvgIpc) is 2.67. The van der Waals surface area contributed by atoms with E-state index in [0.29, 0.717) is 0 Å². The van der Waals surface area contributed by atoms with Gasteiger partial charge in [0.1, 0.15) is 0 Å². The summed E-state index contributed by atoms with van der Waals surface area (Å²) in [6.07, 6.45) is 0. The Morgan fingerprint density at radius 1 is 0.667 bits per heavy atom. The van der Waals surface area contributed by atoms with Crippen molar-refractivity contribution in [1.29, 1.82) is 0 Å². The molecule has 0 atom stereocenters. The van der Waals surface area contributed by atoms with Gasteiger partial charge in [-0.3, -0.25) is 0 Å². The Bertz CT molecular complexity index is 899. The van der Waals surface area contributed by atoms with Crippen molar-refractivity contribution < 1.29 is 0 Å². The van der Waals surface area contributed by atoms with Gasteiger partial charge in [-0.05, 0) is 35.0 Å². The molecule has 142 valence electrons. The van der Waals surface area contributed by atoms with Gasteiger partial charge in [0.25, 0.3) is 0 Å². The Morgan fingerprint density at radius 2 is 1.26 bits per heavy atom. The smallest absolute Gasteiger partial charge is 0.0484 e. The van der Waals surface area contributed by atoms with E-state index in [9.17, 15) is 0 Å². The SMILES string of the molecule is Clc1cccc2cc3cccc(N4CCNCCNCCNCC4)c3cc12. The van der Waals surface area contributed by atoms with E-state index in [0.717, 1.165) is 62.8 Å². The highest BCUT2D eigenvalue weighted by molar-refractivity contribution is 6.36. The number of nitrogens with zero attached hydrogens (tertiary/aromatic N) is 1. The Morgan fingerprint density at radius 3 is 1.96 bits per heavy atom. The van der Waals surface area contributed by atoms with Crippen LogP contribution in [0.4, 0.5) is 5.69 Å². The maximum atomic E-state index is 6.48. The van der Waals surface area contributed by atoms with Gasteiger partial charge in [0.15, 0.2) is 0 Å². The highest BCUT2D eigenvalue weighted by atomic mass is 35.5. The van der Waals surface area contributed by atoms with Crippen LogP contribution in [0, 0.1) is 0 Å². The second kappa shape index (κ2) is 8.89. The largest absolute Gasteiger partial charge is 0.368 e. The van der Waals surface area contributed by atoms with Crippen molar-refractivity contribution in [2.75, 3.05) is 57.3 Å². The normalized spacial score (nSPS) is 17.6. The molecule has 3 N–H and O–H groups in total. The summed E-state index contributed by atoms with van der Waals surface area (Å²) in [6, 6.07) is 17.2. The van der Waals surface area contributed by atoms with E-state index in [4.69, 9.17) is 11.6 Å². The van der Waals surface area contributed by atoms with E-state index in [2.05, 4.69) is 57.2 Å². The molecule has 4 nitrogen and oxygen atoms in total. The quantitative estimate of drug-likeness (QED) is 0.565. The van der Waals surface area contributed by atoms with Crippen LogP contribution >= 0.6 is 11.6 Å². The minimum atomic E-state index is 0.814. The number of halogens is 1. The molecule has 1 fully saturated rings. The summed E-state index contributed by atoms with van der Waals surface area (Å²) < 4.78 is 0. The van der Waals surface area contributed by atoms with Crippen LogP contribution in [0.15, 0.2) is 48.5 Å².